The van der Waals surface area contributed by atoms with Crippen LogP contribution in [0.4, 0.5) is 4.39 Å². The van der Waals surface area contributed by atoms with Crippen LogP contribution in [0.5, 0.6) is 11.5 Å². The Morgan fingerprint density at radius 2 is 1.93 bits per heavy atom. The third kappa shape index (κ3) is 3.09. The highest BCUT2D eigenvalue weighted by Gasteiger charge is 2.09. The number of rotatable bonds is 5. The van der Waals surface area contributed by atoms with Gasteiger partial charge in [-0.3, -0.25) is 0 Å². The molecule has 15 heavy (non-hydrogen) atoms. The number of halogens is 1. The van der Waals surface area contributed by atoms with Gasteiger partial charge in [0.2, 0.25) is 0 Å². The highest BCUT2D eigenvalue weighted by molar-refractivity contribution is 5.39. The van der Waals surface area contributed by atoms with Crippen LogP contribution in [0.3, 0.4) is 0 Å². The Hall–Kier alpha value is -1.29. The van der Waals surface area contributed by atoms with Gasteiger partial charge in [0.15, 0.2) is 11.6 Å². The van der Waals surface area contributed by atoms with E-state index < -0.39 is 0 Å². The molecular weight excluding hydrogens is 199 g/mol. The summed E-state index contributed by atoms with van der Waals surface area (Å²) < 4.78 is 28.6. The van der Waals surface area contributed by atoms with Crippen molar-refractivity contribution in [2.24, 2.45) is 0 Å². The summed E-state index contributed by atoms with van der Waals surface area (Å²) in [7, 11) is 3.10. The van der Waals surface area contributed by atoms with E-state index in [9.17, 15) is 4.39 Å². The SMILES string of the molecule is COCCOc1cc(OC)cc(C)c1F. The van der Waals surface area contributed by atoms with E-state index in [1.165, 1.54) is 13.2 Å². The second kappa shape index (κ2) is 5.56. The van der Waals surface area contributed by atoms with Gasteiger partial charge in [-0.15, -0.1) is 0 Å². The molecule has 4 heteroatoms. The van der Waals surface area contributed by atoms with Crippen LogP contribution >= 0.6 is 0 Å². The van der Waals surface area contributed by atoms with E-state index in [2.05, 4.69) is 0 Å². The molecule has 84 valence electrons. The van der Waals surface area contributed by atoms with Crippen molar-refractivity contribution in [2.45, 2.75) is 6.92 Å². The standard InChI is InChI=1S/C11H15FO3/c1-8-6-9(14-3)7-10(11(8)12)15-5-4-13-2/h6-7H,4-5H2,1-3H3. The zero-order chi connectivity index (χ0) is 11.3. The lowest BCUT2D eigenvalue weighted by molar-refractivity contribution is 0.143. The van der Waals surface area contributed by atoms with E-state index in [-0.39, 0.29) is 11.6 Å². The molecule has 0 saturated heterocycles. The van der Waals surface area contributed by atoms with Crippen LogP contribution in [0.25, 0.3) is 0 Å². The maximum Gasteiger partial charge on any atom is 0.168 e. The molecule has 0 radical (unpaired) electrons. The Kier molecular flexibility index (Phi) is 4.37. The minimum atomic E-state index is -0.355. The fourth-order valence-corrected chi connectivity index (χ4v) is 1.16. The lowest BCUT2D eigenvalue weighted by Crippen LogP contribution is -2.06. The summed E-state index contributed by atoms with van der Waals surface area (Å²) in [4.78, 5) is 0. The molecule has 0 aromatic heterocycles. The van der Waals surface area contributed by atoms with Crippen LogP contribution in [-0.4, -0.2) is 27.4 Å². The molecule has 0 saturated carbocycles. The van der Waals surface area contributed by atoms with Crippen molar-refractivity contribution < 1.29 is 18.6 Å². The van der Waals surface area contributed by atoms with E-state index in [0.29, 0.717) is 24.5 Å². The van der Waals surface area contributed by atoms with Gasteiger partial charge in [-0.1, -0.05) is 0 Å². The van der Waals surface area contributed by atoms with Gasteiger partial charge < -0.3 is 14.2 Å². The Morgan fingerprint density at radius 1 is 1.20 bits per heavy atom. The normalized spacial score (nSPS) is 10.1. The molecule has 3 nitrogen and oxygen atoms in total. The van der Waals surface area contributed by atoms with Crippen LogP contribution in [-0.2, 0) is 4.74 Å². The molecule has 0 N–H and O–H groups in total. The quantitative estimate of drug-likeness (QED) is 0.703. The molecular formula is C11H15FO3. The first-order chi connectivity index (χ1) is 7.19. The van der Waals surface area contributed by atoms with Gasteiger partial charge in [-0.25, -0.2) is 4.39 Å². The number of methoxy groups -OCH3 is 2. The molecule has 0 atom stereocenters. The van der Waals surface area contributed by atoms with E-state index in [0.717, 1.165) is 0 Å². The van der Waals surface area contributed by atoms with Gasteiger partial charge in [0.1, 0.15) is 12.4 Å². The number of hydrogen-bond acceptors (Lipinski definition) is 3. The van der Waals surface area contributed by atoms with Crippen LogP contribution in [0.1, 0.15) is 5.56 Å². The lowest BCUT2D eigenvalue weighted by atomic mass is 10.2. The molecule has 0 aliphatic heterocycles. The monoisotopic (exact) mass is 214 g/mol. The van der Waals surface area contributed by atoms with Crippen molar-refractivity contribution in [1.29, 1.82) is 0 Å². The van der Waals surface area contributed by atoms with Crippen LogP contribution in [0.15, 0.2) is 12.1 Å². The topological polar surface area (TPSA) is 27.7 Å². The van der Waals surface area contributed by atoms with E-state index in [1.54, 1.807) is 20.1 Å². The second-order valence-electron chi connectivity index (χ2n) is 3.10. The molecule has 0 spiro atoms. The number of hydrogen-bond donors (Lipinski definition) is 0. The first-order valence-corrected chi connectivity index (χ1v) is 4.65. The van der Waals surface area contributed by atoms with Crippen molar-refractivity contribution in [3.63, 3.8) is 0 Å². The first kappa shape index (κ1) is 11.8. The Labute approximate surface area is 88.8 Å². The Morgan fingerprint density at radius 3 is 2.53 bits per heavy atom. The van der Waals surface area contributed by atoms with E-state index in [4.69, 9.17) is 14.2 Å². The number of aryl methyl sites for hydroxylation is 1. The molecule has 0 aliphatic carbocycles. The number of ether oxygens (including phenoxy) is 3. The van der Waals surface area contributed by atoms with Gasteiger partial charge >= 0.3 is 0 Å². The summed E-state index contributed by atoms with van der Waals surface area (Å²) in [5, 5.41) is 0. The summed E-state index contributed by atoms with van der Waals surface area (Å²) in [5.41, 5.74) is 0.502. The minimum Gasteiger partial charge on any atom is -0.497 e. The maximum absolute atomic E-state index is 13.5. The largest absolute Gasteiger partial charge is 0.497 e. The molecule has 1 aromatic rings. The Bertz CT molecular complexity index is 326. The van der Waals surface area contributed by atoms with E-state index >= 15 is 0 Å². The molecule has 1 rings (SSSR count). The summed E-state index contributed by atoms with van der Waals surface area (Å²) in [5.74, 6) is 0.428. The minimum absolute atomic E-state index is 0.198. The van der Waals surface area contributed by atoms with Gasteiger partial charge in [0.05, 0.1) is 13.7 Å². The lowest BCUT2D eigenvalue weighted by Gasteiger charge is -2.10. The highest BCUT2D eigenvalue weighted by Crippen LogP contribution is 2.26. The van der Waals surface area contributed by atoms with E-state index in [1.807, 2.05) is 0 Å². The van der Waals surface area contributed by atoms with Gasteiger partial charge in [-0.05, 0) is 18.6 Å². The van der Waals surface area contributed by atoms with Crippen molar-refractivity contribution in [3.8, 4) is 11.5 Å². The Balaban J connectivity index is 2.80. The molecule has 0 aliphatic rings. The first-order valence-electron chi connectivity index (χ1n) is 4.65. The van der Waals surface area contributed by atoms with Gasteiger partial charge in [-0.2, -0.15) is 0 Å². The fraction of sp³-hybridized carbons (Fsp3) is 0.455. The molecule has 0 unspecified atom stereocenters. The van der Waals surface area contributed by atoms with Crippen molar-refractivity contribution in [2.75, 3.05) is 27.4 Å². The highest BCUT2D eigenvalue weighted by atomic mass is 19.1. The van der Waals surface area contributed by atoms with Crippen LogP contribution in [0, 0.1) is 12.7 Å². The summed E-state index contributed by atoms with van der Waals surface area (Å²) >= 11 is 0. The third-order valence-electron chi connectivity index (χ3n) is 1.98. The third-order valence-corrected chi connectivity index (χ3v) is 1.98. The predicted octanol–water partition coefficient (Wildman–Crippen LogP) is 2.17. The zero-order valence-corrected chi connectivity index (χ0v) is 9.17. The zero-order valence-electron chi connectivity index (χ0n) is 9.17. The molecule has 0 fully saturated rings. The van der Waals surface area contributed by atoms with Crippen molar-refractivity contribution in [3.05, 3.63) is 23.5 Å². The predicted molar refractivity (Wildman–Crippen MR) is 55.1 cm³/mol. The average Bonchev–Trinajstić information content (AvgIpc) is 2.24. The molecule has 1 aromatic carbocycles. The smallest absolute Gasteiger partial charge is 0.168 e. The fourth-order valence-electron chi connectivity index (χ4n) is 1.16. The van der Waals surface area contributed by atoms with Gasteiger partial charge in [0.25, 0.3) is 0 Å². The summed E-state index contributed by atoms with van der Waals surface area (Å²) in [6, 6.07) is 3.15. The number of benzene rings is 1. The molecule has 0 heterocycles. The second-order valence-corrected chi connectivity index (χ2v) is 3.10. The van der Waals surface area contributed by atoms with Crippen molar-refractivity contribution >= 4 is 0 Å². The van der Waals surface area contributed by atoms with Crippen LogP contribution < -0.4 is 9.47 Å². The maximum atomic E-state index is 13.5. The average molecular weight is 214 g/mol. The van der Waals surface area contributed by atoms with Gasteiger partial charge in [0, 0.05) is 13.2 Å². The molecule has 0 bridgehead atoms. The van der Waals surface area contributed by atoms with Crippen LogP contribution in [0.2, 0.25) is 0 Å². The summed E-state index contributed by atoms with van der Waals surface area (Å²) in [6.45, 7) is 2.41. The molecule has 0 amide bonds. The van der Waals surface area contributed by atoms with Crippen molar-refractivity contribution in [1.82, 2.24) is 0 Å². The summed E-state index contributed by atoms with van der Waals surface area (Å²) in [6.07, 6.45) is 0.